The van der Waals surface area contributed by atoms with Crippen molar-refractivity contribution in [3.8, 4) is 0 Å². The predicted octanol–water partition coefficient (Wildman–Crippen LogP) is 4.17. The van der Waals surface area contributed by atoms with Gasteiger partial charge >= 0.3 is 0 Å². The Balaban J connectivity index is 1.65. The van der Waals surface area contributed by atoms with Crippen molar-refractivity contribution in [2.75, 3.05) is 23.3 Å². The Labute approximate surface area is 158 Å². The van der Waals surface area contributed by atoms with Gasteiger partial charge in [0.1, 0.15) is 11.0 Å². The highest BCUT2D eigenvalue weighted by atomic mass is 35.5. The average molecular weight is 376 g/mol. The zero-order valence-electron chi connectivity index (χ0n) is 14.2. The Morgan fingerprint density at radius 3 is 2.60 bits per heavy atom. The summed E-state index contributed by atoms with van der Waals surface area (Å²) >= 11 is 11.6. The van der Waals surface area contributed by atoms with E-state index < -0.39 is 0 Å². The standard InChI is InChI=1S/C18H22ClN5S/c1-13(14-8-4-2-5-9-14)20-18(25)23-17-21-15(19)12-16(22-17)24-10-6-3-7-11-24/h2,4-5,8-9,12-13H,3,6-7,10-11H2,1H3,(H2,20,21,22,23,25)/t13-/m1/s1. The normalized spacial score (nSPS) is 15.5. The van der Waals surface area contributed by atoms with Crippen LogP contribution in [-0.2, 0) is 0 Å². The van der Waals surface area contributed by atoms with E-state index in [0.29, 0.717) is 16.2 Å². The number of thiocarbonyl (C=S) groups is 1. The van der Waals surface area contributed by atoms with Crippen LogP contribution in [0.3, 0.4) is 0 Å². The lowest BCUT2D eigenvalue weighted by atomic mass is 10.1. The third-order valence-electron chi connectivity index (χ3n) is 4.23. The minimum atomic E-state index is 0.0851. The third kappa shape index (κ3) is 5.03. The van der Waals surface area contributed by atoms with E-state index >= 15 is 0 Å². The van der Waals surface area contributed by atoms with Gasteiger partial charge in [-0.25, -0.2) is 4.98 Å². The molecule has 3 rings (SSSR count). The van der Waals surface area contributed by atoms with Crippen molar-refractivity contribution in [1.29, 1.82) is 0 Å². The molecule has 5 nitrogen and oxygen atoms in total. The first-order valence-corrected chi connectivity index (χ1v) is 9.32. The highest BCUT2D eigenvalue weighted by Crippen LogP contribution is 2.22. The number of aromatic nitrogens is 2. The summed E-state index contributed by atoms with van der Waals surface area (Å²) in [6, 6.07) is 12.0. The van der Waals surface area contributed by atoms with Gasteiger partial charge in [-0.1, -0.05) is 41.9 Å². The van der Waals surface area contributed by atoms with E-state index in [1.54, 1.807) is 6.07 Å². The smallest absolute Gasteiger partial charge is 0.232 e. The van der Waals surface area contributed by atoms with Crippen LogP contribution in [0.1, 0.15) is 37.8 Å². The molecule has 7 heteroatoms. The summed E-state index contributed by atoms with van der Waals surface area (Å²) in [6.45, 7) is 4.06. The van der Waals surface area contributed by atoms with E-state index in [4.69, 9.17) is 23.8 Å². The Morgan fingerprint density at radius 2 is 1.88 bits per heavy atom. The van der Waals surface area contributed by atoms with E-state index in [1.165, 1.54) is 19.3 Å². The molecule has 2 N–H and O–H groups in total. The minimum absolute atomic E-state index is 0.0851. The molecule has 1 aliphatic rings. The first-order chi connectivity index (χ1) is 12.1. The molecule has 0 saturated carbocycles. The van der Waals surface area contributed by atoms with Gasteiger partial charge < -0.3 is 15.5 Å². The van der Waals surface area contributed by atoms with Crippen molar-refractivity contribution in [2.45, 2.75) is 32.2 Å². The van der Waals surface area contributed by atoms with Gasteiger partial charge in [-0.05, 0) is 44.0 Å². The van der Waals surface area contributed by atoms with Crippen LogP contribution in [0.4, 0.5) is 11.8 Å². The van der Waals surface area contributed by atoms with Crippen LogP contribution in [0, 0.1) is 0 Å². The molecular formula is C18H22ClN5S. The molecule has 0 radical (unpaired) electrons. The number of anilines is 2. The van der Waals surface area contributed by atoms with Gasteiger partial charge in [0, 0.05) is 19.2 Å². The third-order valence-corrected chi connectivity index (χ3v) is 4.65. The largest absolute Gasteiger partial charge is 0.356 e. The predicted molar refractivity (Wildman–Crippen MR) is 107 cm³/mol. The summed E-state index contributed by atoms with van der Waals surface area (Å²) in [7, 11) is 0. The summed E-state index contributed by atoms with van der Waals surface area (Å²) < 4.78 is 0. The maximum Gasteiger partial charge on any atom is 0.232 e. The maximum atomic E-state index is 6.17. The summed E-state index contributed by atoms with van der Waals surface area (Å²) in [5.74, 6) is 1.27. The fraction of sp³-hybridized carbons (Fsp3) is 0.389. The number of nitrogens with one attached hydrogen (secondary N) is 2. The van der Waals surface area contributed by atoms with E-state index in [1.807, 2.05) is 18.2 Å². The Morgan fingerprint density at radius 1 is 1.16 bits per heavy atom. The number of halogens is 1. The topological polar surface area (TPSA) is 53.1 Å². The van der Waals surface area contributed by atoms with Crippen molar-refractivity contribution in [2.24, 2.45) is 0 Å². The first kappa shape index (κ1) is 17.9. The Kier molecular flexibility index (Phi) is 6.04. The molecule has 2 heterocycles. The van der Waals surface area contributed by atoms with Gasteiger partial charge in [-0.3, -0.25) is 0 Å². The molecule has 0 spiro atoms. The van der Waals surface area contributed by atoms with Crippen molar-refractivity contribution in [3.63, 3.8) is 0 Å². The van der Waals surface area contributed by atoms with Gasteiger partial charge in [-0.2, -0.15) is 4.98 Å². The molecule has 1 aromatic heterocycles. The van der Waals surface area contributed by atoms with E-state index in [2.05, 4.69) is 44.6 Å². The number of hydrogen-bond acceptors (Lipinski definition) is 4. The molecule has 132 valence electrons. The molecule has 1 aromatic carbocycles. The fourth-order valence-electron chi connectivity index (χ4n) is 2.91. The van der Waals surface area contributed by atoms with Gasteiger partial charge in [-0.15, -0.1) is 0 Å². The van der Waals surface area contributed by atoms with Crippen molar-refractivity contribution in [3.05, 3.63) is 47.1 Å². The molecule has 0 unspecified atom stereocenters. The number of benzene rings is 1. The quantitative estimate of drug-likeness (QED) is 0.618. The van der Waals surface area contributed by atoms with Crippen molar-refractivity contribution in [1.82, 2.24) is 15.3 Å². The van der Waals surface area contributed by atoms with Crippen LogP contribution in [0.2, 0.25) is 5.15 Å². The van der Waals surface area contributed by atoms with Gasteiger partial charge in [0.05, 0.1) is 6.04 Å². The van der Waals surface area contributed by atoms with Crippen LogP contribution < -0.4 is 15.5 Å². The van der Waals surface area contributed by atoms with Crippen molar-refractivity contribution >= 4 is 40.7 Å². The minimum Gasteiger partial charge on any atom is -0.356 e. The van der Waals surface area contributed by atoms with Crippen LogP contribution >= 0.6 is 23.8 Å². The summed E-state index contributed by atoms with van der Waals surface area (Å²) in [5.41, 5.74) is 1.16. The monoisotopic (exact) mass is 375 g/mol. The molecule has 25 heavy (non-hydrogen) atoms. The lowest BCUT2D eigenvalue weighted by Crippen LogP contribution is -2.33. The molecule has 0 aliphatic carbocycles. The molecule has 1 aliphatic heterocycles. The molecule has 0 amide bonds. The molecule has 1 fully saturated rings. The summed E-state index contributed by atoms with van der Waals surface area (Å²) in [6.07, 6.45) is 3.63. The number of rotatable bonds is 4. The molecule has 2 aromatic rings. The molecular weight excluding hydrogens is 354 g/mol. The van der Waals surface area contributed by atoms with Gasteiger partial charge in [0.2, 0.25) is 5.95 Å². The Hall–Kier alpha value is -1.92. The zero-order valence-corrected chi connectivity index (χ0v) is 15.8. The molecule has 0 bridgehead atoms. The van der Waals surface area contributed by atoms with E-state index in [0.717, 1.165) is 24.5 Å². The second-order valence-corrected chi connectivity index (χ2v) is 6.95. The van der Waals surface area contributed by atoms with Crippen LogP contribution in [0.15, 0.2) is 36.4 Å². The van der Waals surface area contributed by atoms with Crippen LogP contribution in [-0.4, -0.2) is 28.2 Å². The van der Waals surface area contributed by atoms with E-state index in [9.17, 15) is 0 Å². The number of nitrogens with zero attached hydrogens (tertiary/aromatic N) is 3. The summed E-state index contributed by atoms with van der Waals surface area (Å²) in [4.78, 5) is 11.0. The van der Waals surface area contributed by atoms with Crippen LogP contribution in [0.25, 0.3) is 0 Å². The first-order valence-electron chi connectivity index (χ1n) is 8.54. The molecule has 1 saturated heterocycles. The number of hydrogen-bond donors (Lipinski definition) is 2. The second-order valence-electron chi connectivity index (χ2n) is 6.15. The highest BCUT2D eigenvalue weighted by molar-refractivity contribution is 7.80. The summed E-state index contributed by atoms with van der Waals surface area (Å²) in [5, 5.41) is 7.19. The van der Waals surface area contributed by atoms with Gasteiger partial charge in [0.15, 0.2) is 5.11 Å². The fourth-order valence-corrected chi connectivity index (χ4v) is 3.35. The Bertz CT molecular complexity index is 719. The molecule has 1 atom stereocenters. The lowest BCUT2D eigenvalue weighted by Gasteiger charge is -2.28. The van der Waals surface area contributed by atoms with E-state index in [-0.39, 0.29) is 6.04 Å². The van der Waals surface area contributed by atoms with Crippen LogP contribution in [0.5, 0.6) is 0 Å². The maximum absolute atomic E-state index is 6.17. The second kappa shape index (κ2) is 8.45. The SMILES string of the molecule is C[C@@H](NC(=S)Nc1nc(Cl)cc(N2CCCCC2)n1)c1ccccc1. The van der Waals surface area contributed by atoms with Gasteiger partial charge in [0.25, 0.3) is 0 Å². The highest BCUT2D eigenvalue weighted by Gasteiger charge is 2.15. The zero-order chi connectivity index (χ0) is 17.6. The average Bonchev–Trinajstić information content (AvgIpc) is 2.62. The number of piperidine rings is 1. The lowest BCUT2D eigenvalue weighted by molar-refractivity contribution is 0.573. The van der Waals surface area contributed by atoms with Crippen molar-refractivity contribution < 1.29 is 0 Å².